The van der Waals surface area contributed by atoms with Gasteiger partial charge in [0, 0.05) is 25.7 Å². The zero-order chi connectivity index (χ0) is 17.3. The molecule has 1 aromatic carbocycles. The van der Waals surface area contributed by atoms with Crippen molar-refractivity contribution < 1.29 is 9.53 Å². The molecule has 4 heteroatoms. The molecule has 0 radical (unpaired) electrons. The largest absolute Gasteiger partial charge is 0.377 e. The van der Waals surface area contributed by atoms with Gasteiger partial charge in [-0.25, -0.2) is 0 Å². The highest BCUT2D eigenvalue weighted by molar-refractivity contribution is 5.78. The van der Waals surface area contributed by atoms with Crippen LogP contribution >= 0.6 is 0 Å². The maximum Gasteiger partial charge on any atom is 0.234 e. The number of nitrogens with zero attached hydrogens (tertiary/aromatic N) is 1. The molecular weight excluding hydrogens is 312 g/mol. The molecule has 0 spiro atoms. The number of benzene rings is 1. The number of amides is 1. The molecule has 0 aromatic heterocycles. The van der Waals surface area contributed by atoms with Gasteiger partial charge in [-0.1, -0.05) is 43.2 Å². The maximum absolute atomic E-state index is 12.4. The Labute approximate surface area is 151 Å². The molecule has 2 aliphatic rings. The van der Waals surface area contributed by atoms with Crippen molar-refractivity contribution in [2.45, 2.75) is 63.5 Å². The van der Waals surface area contributed by atoms with Crippen LogP contribution in [0.4, 0.5) is 0 Å². The molecule has 2 fully saturated rings. The maximum atomic E-state index is 12.4. The van der Waals surface area contributed by atoms with Crippen molar-refractivity contribution >= 4 is 5.91 Å². The molecule has 1 heterocycles. The minimum absolute atomic E-state index is 0.165. The third kappa shape index (κ3) is 6.12. The first-order chi connectivity index (χ1) is 12.3. The number of nitrogens with one attached hydrogen (secondary N) is 1. The van der Waals surface area contributed by atoms with Crippen molar-refractivity contribution in [1.82, 2.24) is 10.2 Å². The lowest BCUT2D eigenvalue weighted by atomic mass is 10.1. The highest BCUT2D eigenvalue weighted by atomic mass is 16.5. The molecule has 1 aliphatic carbocycles. The van der Waals surface area contributed by atoms with Crippen LogP contribution in [0.25, 0.3) is 0 Å². The van der Waals surface area contributed by atoms with Gasteiger partial charge in [0.2, 0.25) is 5.91 Å². The molecule has 1 aromatic rings. The number of aryl methyl sites for hydroxylation is 1. The molecule has 1 amide bonds. The molecule has 138 valence electrons. The van der Waals surface area contributed by atoms with Crippen LogP contribution in [0.2, 0.25) is 0 Å². The summed E-state index contributed by atoms with van der Waals surface area (Å²) in [6, 6.07) is 11.0. The van der Waals surface area contributed by atoms with E-state index in [1.165, 1.54) is 31.2 Å². The first kappa shape index (κ1) is 18.4. The Kier molecular flexibility index (Phi) is 7.31. The van der Waals surface area contributed by atoms with Crippen molar-refractivity contribution in [1.29, 1.82) is 0 Å². The molecule has 1 unspecified atom stereocenters. The normalized spacial score (nSPS) is 21.1. The summed E-state index contributed by atoms with van der Waals surface area (Å²) in [5.74, 6) is 0.165. The average molecular weight is 344 g/mol. The summed E-state index contributed by atoms with van der Waals surface area (Å²) in [4.78, 5) is 14.8. The van der Waals surface area contributed by atoms with Crippen LogP contribution in [-0.4, -0.2) is 49.2 Å². The Bertz CT molecular complexity index is 508. The van der Waals surface area contributed by atoms with Gasteiger partial charge in [-0.2, -0.15) is 0 Å². The van der Waals surface area contributed by atoms with Crippen molar-refractivity contribution in [3.8, 4) is 0 Å². The van der Waals surface area contributed by atoms with Crippen molar-refractivity contribution in [2.75, 3.05) is 26.2 Å². The van der Waals surface area contributed by atoms with E-state index >= 15 is 0 Å². The first-order valence-corrected chi connectivity index (χ1v) is 9.97. The van der Waals surface area contributed by atoms with Gasteiger partial charge in [0.15, 0.2) is 0 Å². The number of carbonyl (C=O) groups excluding carboxylic acids is 1. The molecule has 4 nitrogen and oxygen atoms in total. The third-order valence-electron chi connectivity index (χ3n) is 5.46. The number of ether oxygens (including phenoxy) is 1. The van der Waals surface area contributed by atoms with Gasteiger partial charge in [0.25, 0.3) is 0 Å². The van der Waals surface area contributed by atoms with E-state index < -0.39 is 0 Å². The smallest absolute Gasteiger partial charge is 0.234 e. The third-order valence-corrected chi connectivity index (χ3v) is 5.46. The molecular formula is C21H32N2O2. The number of hydrogen-bond donors (Lipinski definition) is 1. The molecule has 25 heavy (non-hydrogen) atoms. The molecule has 1 N–H and O–H groups in total. The zero-order valence-electron chi connectivity index (χ0n) is 15.3. The van der Waals surface area contributed by atoms with E-state index in [-0.39, 0.29) is 5.91 Å². The monoisotopic (exact) mass is 344 g/mol. The quantitative estimate of drug-likeness (QED) is 0.700. The van der Waals surface area contributed by atoms with E-state index in [9.17, 15) is 4.79 Å². The van der Waals surface area contributed by atoms with Gasteiger partial charge in [-0.05, 0) is 44.1 Å². The Morgan fingerprint density at radius 3 is 2.64 bits per heavy atom. The predicted octanol–water partition coefficient (Wildman–Crippen LogP) is 3.16. The van der Waals surface area contributed by atoms with Crippen LogP contribution < -0.4 is 5.32 Å². The Hall–Kier alpha value is -1.39. The second-order valence-corrected chi connectivity index (χ2v) is 7.44. The van der Waals surface area contributed by atoms with E-state index in [0.717, 1.165) is 45.4 Å². The molecule has 0 bridgehead atoms. The van der Waals surface area contributed by atoms with Crippen LogP contribution in [0, 0.1) is 0 Å². The van der Waals surface area contributed by atoms with Crippen LogP contribution in [0.5, 0.6) is 0 Å². The van der Waals surface area contributed by atoms with Gasteiger partial charge < -0.3 is 10.1 Å². The minimum atomic E-state index is 0.165. The van der Waals surface area contributed by atoms with Crippen LogP contribution in [0.3, 0.4) is 0 Å². The van der Waals surface area contributed by atoms with Crippen LogP contribution in [0.1, 0.15) is 50.5 Å². The fourth-order valence-corrected chi connectivity index (χ4v) is 4.07. The van der Waals surface area contributed by atoms with Gasteiger partial charge in [0.05, 0.1) is 12.6 Å². The zero-order valence-corrected chi connectivity index (χ0v) is 15.3. The predicted molar refractivity (Wildman–Crippen MR) is 101 cm³/mol. The van der Waals surface area contributed by atoms with E-state index in [1.807, 2.05) is 6.07 Å². The number of hydrogen-bond acceptors (Lipinski definition) is 3. The fourth-order valence-electron chi connectivity index (χ4n) is 4.07. The first-order valence-electron chi connectivity index (χ1n) is 9.97. The van der Waals surface area contributed by atoms with Crippen molar-refractivity contribution in [2.24, 2.45) is 0 Å². The SMILES string of the molecule is O=C(CN(CC1CCCO1)C1CCCC1)NCCCc1ccccc1. The highest BCUT2D eigenvalue weighted by Crippen LogP contribution is 2.25. The van der Waals surface area contributed by atoms with Crippen molar-refractivity contribution in [3.05, 3.63) is 35.9 Å². The summed E-state index contributed by atoms with van der Waals surface area (Å²) >= 11 is 0. The number of carbonyl (C=O) groups is 1. The van der Waals surface area contributed by atoms with E-state index in [2.05, 4.69) is 34.5 Å². The van der Waals surface area contributed by atoms with Crippen LogP contribution in [0.15, 0.2) is 30.3 Å². The van der Waals surface area contributed by atoms with E-state index in [0.29, 0.717) is 18.7 Å². The molecule has 1 saturated heterocycles. The Balaban J connectivity index is 1.39. The standard InChI is InChI=1S/C21H32N2O2/c24-21(22-14-6-10-18-8-2-1-3-9-18)17-23(19-11-4-5-12-19)16-20-13-7-15-25-20/h1-3,8-9,19-20H,4-7,10-17H2,(H,22,24). The Morgan fingerprint density at radius 2 is 1.92 bits per heavy atom. The van der Waals surface area contributed by atoms with Crippen LogP contribution in [-0.2, 0) is 16.0 Å². The average Bonchev–Trinajstić information content (AvgIpc) is 3.33. The minimum Gasteiger partial charge on any atom is -0.377 e. The molecule has 3 rings (SSSR count). The topological polar surface area (TPSA) is 41.6 Å². The van der Waals surface area contributed by atoms with E-state index in [4.69, 9.17) is 4.74 Å². The van der Waals surface area contributed by atoms with Gasteiger partial charge in [-0.3, -0.25) is 9.69 Å². The summed E-state index contributed by atoms with van der Waals surface area (Å²) < 4.78 is 5.80. The van der Waals surface area contributed by atoms with E-state index in [1.54, 1.807) is 0 Å². The second kappa shape index (κ2) is 9.93. The fraction of sp³-hybridized carbons (Fsp3) is 0.667. The summed E-state index contributed by atoms with van der Waals surface area (Å²) in [6.45, 7) is 3.08. The van der Waals surface area contributed by atoms with Crippen molar-refractivity contribution in [3.63, 3.8) is 0 Å². The second-order valence-electron chi connectivity index (χ2n) is 7.44. The summed E-state index contributed by atoms with van der Waals surface area (Å²) in [7, 11) is 0. The lowest BCUT2D eigenvalue weighted by Crippen LogP contribution is -2.45. The molecule has 1 atom stereocenters. The number of rotatable bonds is 9. The lowest BCUT2D eigenvalue weighted by molar-refractivity contribution is -0.123. The van der Waals surface area contributed by atoms with Gasteiger partial charge >= 0.3 is 0 Å². The lowest BCUT2D eigenvalue weighted by Gasteiger charge is -2.30. The molecule has 1 aliphatic heterocycles. The van der Waals surface area contributed by atoms with Gasteiger partial charge in [-0.15, -0.1) is 0 Å². The van der Waals surface area contributed by atoms with Gasteiger partial charge in [0.1, 0.15) is 0 Å². The summed E-state index contributed by atoms with van der Waals surface area (Å²) in [5.41, 5.74) is 1.34. The summed E-state index contributed by atoms with van der Waals surface area (Å²) in [5, 5.41) is 3.11. The highest BCUT2D eigenvalue weighted by Gasteiger charge is 2.28. The Morgan fingerprint density at radius 1 is 1.12 bits per heavy atom. The summed E-state index contributed by atoms with van der Waals surface area (Å²) in [6.07, 6.45) is 9.69. The molecule has 1 saturated carbocycles.